The lowest BCUT2D eigenvalue weighted by molar-refractivity contribution is -0.125. The Bertz CT molecular complexity index is 1290. The van der Waals surface area contributed by atoms with Crippen molar-refractivity contribution in [2.24, 2.45) is 0 Å². The molecule has 0 fully saturated rings. The van der Waals surface area contributed by atoms with Gasteiger partial charge in [0.2, 0.25) is 0 Å². The molecule has 2 N–H and O–H groups in total. The Hall–Kier alpha value is -3.80. The average Bonchev–Trinajstić information content (AvgIpc) is 3.19. The highest BCUT2D eigenvalue weighted by Gasteiger charge is 2.31. The van der Waals surface area contributed by atoms with E-state index in [0.717, 1.165) is 57.3 Å². The van der Waals surface area contributed by atoms with E-state index in [1.807, 2.05) is 27.7 Å². The van der Waals surface area contributed by atoms with Gasteiger partial charge in [0.25, 0.3) is 23.6 Å². The zero-order valence-corrected chi connectivity index (χ0v) is 21.1. The molecular formula is C29H30N2O4. The molecule has 0 radical (unpaired) electrons. The van der Waals surface area contributed by atoms with Gasteiger partial charge in [-0.2, -0.15) is 0 Å². The maximum absolute atomic E-state index is 12.5. The molecule has 0 bridgehead atoms. The molecule has 2 aromatic rings. The Morgan fingerprint density at radius 2 is 0.943 bits per heavy atom. The second-order valence-electron chi connectivity index (χ2n) is 9.34. The van der Waals surface area contributed by atoms with Gasteiger partial charge in [0.05, 0.1) is 11.1 Å². The molecule has 0 atom stereocenters. The molecule has 0 aromatic heterocycles. The Balaban J connectivity index is 1.75. The summed E-state index contributed by atoms with van der Waals surface area (Å²) in [6.07, 6.45) is 2.16. The third kappa shape index (κ3) is 4.14. The predicted octanol–water partition coefficient (Wildman–Crippen LogP) is 3.88. The van der Waals surface area contributed by atoms with Crippen molar-refractivity contribution in [1.29, 1.82) is 0 Å². The van der Waals surface area contributed by atoms with E-state index in [9.17, 15) is 19.2 Å². The molecule has 0 saturated carbocycles. The summed E-state index contributed by atoms with van der Waals surface area (Å²) in [7, 11) is 0. The zero-order chi connectivity index (χ0) is 25.6. The van der Waals surface area contributed by atoms with Gasteiger partial charge < -0.3 is 0 Å². The topological polar surface area (TPSA) is 92.3 Å². The van der Waals surface area contributed by atoms with Crippen LogP contribution in [0.3, 0.4) is 0 Å². The lowest BCUT2D eigenvalue weighted by Gasteiger charge is -2.17. The smallest absolute Gasteiger partial charge is 0.259 e. The van der Waals surface area contributed by atoms with E-state index in [1.54, 1.807) is 13.8 Å². The van der Waals surface area contributed by atoms with E-state index in [2.05, 4.69) is 34.9 Å². The van der Waals surface area contributed by atoms with E-state index in [1.165, 1.54) is 0 Å². The van der Waals surface area contributed by atoms with E-state index in [0.29, 0.717) is 28.7 Å². The van der Waals surface area contributed by atoms with Crippen molar-refractivity contribution in [3.8, 4) is 0 Å². The van der Waals surface area contributed by atoms with Crippen molar-refractivity contribution in [3.05, 3.63) is 79.9 Å². The first-order valence-corrected chi connectivity index (χ1v) is 12.0. The molecule has 6 heteroatoms. The molecule has 2 aliphatic heterocycles. The number of amides is 4. The molecule has 0 aliphatic carbocycles. The maximum atomic E-state index is 12.5. The highest BCUT2D eigenvalue weighted by molar-refractivity contribution is 6.36. The fourth-order valence-electron chi connectivity index (χ4n) is 5.28. The average molecular weight is 471 g/mol. The first-order valence-electron chi connectivity index (χ1n) is 12.0. The lowest BCUT2D eigenvalue weighted by atomic mass is 9.86. The zero-order valence-electron chi connectivity index (χ0n) is 21.1. The number of benzene rings is 2. The second-order valence-corrected chi connectivity index (χ2v) is 9.34. The standard InChI is InChI=1S/C29H30N2O4/c1-7-20-12-18(9-14(3)22(20)24-16(5)26(32)30-28(24)34)11-19-10-15(4)23(21(8-2)13-19)25-17(6)27(33)31-29(25)35/h9-10,12-13H,7-8,11H2,1-6H3,(H,30,32,34)(H,31,33,35). The molecule has 2 aliphatic rings. The van der Waals surface area contributed by atoms with Crippen LogP contribution in [0.1, 0.15) is 72.2 Å². The predicted molar refractivity (Wildman–Crippen MR) is 135 cm³/mol. The quantitative estimate of drug-likeness (QED) is 0.627. The van der Waals surface area contributed by atoms with Crippen molar-refractivity contribution in [2.45, 2.75) is 60.8 Å². The SMILES string of the molecule is CCc1cc(Cc2cc(C)c(C3=C(C)C(=O)NC3=O)c(CC)c2)cc(C)c1C1=C(C)C(=O)NC1=O. The van der Waals surface area contributed by atoms with E-state index < -0.39 is 0 Å². The monoisotopic (exact) mass is 470 g/mol. The normalized spacial score (nSPS) is 15.9. The van der Waals surface area contributed by atoms with Crippen LogP contribution in [0, 0.1) is 13.8 Å². The minimum Gasteiger partial charge on any atom is -0.288 e. The number of carbonyl (C=O) groups is 4. The van der Waals surface area contributed by atoms with Gasteiger partial charge in [0.1, 0.15) is 0 Å². The summed E-state index contributed by atoms with van der Waals surface area (Å²) in [6, 6.07) is 8.39. The Morgan fingerprint density at radius 3 is 1.23 bits per heavy atom. The van der Waals surface area contributed by atoms with Gasteiger partial charge in [0, 0.05) is 11.1 Å². The molecular weight excluding hydrogens is 440 g/mol. The second kappa shape index (κ2) is 9.10. The van der Waals surface area contributed by atoms with E-state index >= 15 is 0 Å². The number of carbonyl (C=O) groups excluding carboxylic acids is 4. The Kier molecular flexibility index (Phi) is 6.32. The number of hydrogen-bond donors (Lipinski definition) is 2. The van der Waals surface area contributed by atoms with Crippen LogP contribution in [0.4, 0.5) is 0 Å². The van der Waals surface area contributed by atoms with Crippen molar-refractivity contribution in [2.75, 3.05) is 0 Å². The van der Waals surface area contributed by atoms with Gasteiger partial charge in [-0.25, -0.2) is 0 Å². The number of rotatable bonds is 6. The largest absolute Gasteiger partial charge is 0.288 e. The third-order valence-electron chi connectivity index (χ3n) is 6.96. The molecule has 4 rings (SSSR count). The fraction of sp³-hybridized carbons (Fsp3) is 0.310. The summed E-state index contributed by atoms with van der Waals surface area (Å²) >= 11 is 0. The minimum atomic E-state index is -0.337. The van der Waals surface area contributed by atoms with Crippen LogP contribution >= 0.6 is 0 Å². The summed E-state index contributed by atoms with van der Waals surface area (Å²) in [5.74, 6) is -1.34. The fourth-order valence-corrected chi connectivity index (χ4v) is 5.28. The summed E-state index contributed by atoms with van der Waals surface area (Å²) in [5.41, 5.74) is 9.76. The highest BCUT2D eigenvalue weighted by atomic mass is 16.2. The van der Waals surface area contributed by atoms with Crippen molar-refractivity contribution in [3.63, 3.8) is 0 Å². The summed E-state index contributed by atoms with van der Waals surface area (Å²) in [5, 5.41) is 4.80. The number of nitrogens with one attached hydrogen (secondary N) is 2. The molecule has 4 amide bonds. The summed E-state index contributed by atoms with van der Waals surface area (Å²) in [6.45, 7) is 11.4. The van der Waals surface area contributed by atoms with Crippen molar-refractivity contribution >= 4 is 34.8 Å². The molecule has 2 heterocycles. The van der Waals surface area contributed by atoms with E-state index in [4.69, 9.17) is 0 Å². The first kappa shape index (κ1) is 24.3. The van der Waals surface area contributed by atoms with Gasteiger partial charge in [0.15, 0.2) is 0 Å². The number of hydrogen-bond acceptors (Lipinski definition) is 4. The van der Waals surface area contributed by atoms with Gasteiger partial charge in [-0.1, -0.05) is 38.1 Å². The summed E-state index contributed by atoms with van der Waals surface area (Å²) < 4.78 is 0. The summed E-state index contributed by atoms with van der Waals surface area (Å²) in [4.78, 5) is 49.0. The number of aryl methyl sites for hydroxylation is 4. The van der Waals surface area contributed by atoms with Gasteiger partial charge in [-0.3, -0.25) is 29.8 Å². The molecule has 6 nitrogen and oxygen atoms in total. The maximum Gasteiger partial charge on any atom is 0.259 e. The van der Waals surface area contributed by atoms with E-state index in [-0.39, 0.29) is 23.6 Å². The van der Waals surface area contributed by atoms with Crippen LogP contribution in [-0.4, -0.2) is 23.6 Å². The Labute approximate surface area is 205 Å². The lowest BCUT2D eigenvalue weighted by Crippen LogP contribution is -2.23. The van der Waals surface area contributed by atoms with Crippen LogP contribution in [0.15, 0.2) is 35.4 Å². The molecule has 0 spiro atoms. The van der Waals surface area contributed by atoms with Crippen molar-refractivity contribution < 1.29 is 19.2 Å². The Morgan fingerprint density at radius 1 is 0.571 bits per heavy atom. The van der Waals surface area contributed by atoms with Gasteiger partial charge >= 0.3 is 0 Å². The third-order valence-corrected chi connectivity index (χ3v) is 6.96. The minimum absolute atomic E-state index is 0.332. The van der Waals surface area contributed by atoms with Crippen LogP contribution in [0.25, 0.3) is 11.1 Å². The van der Waals surface area contributed by atoms with Crippen LogP contribution < -0.4 is 10.6 Å². The highest BCUT2D eigenvalue weighted by Crippen LogP contribution is 2.34. The van der Waals surface area contributed by atoms with Crippen LogP contribution in [0.5, 0.6) is 0 Å². The first-order chi connectivity index (χ1) is 16.6. The molecule has 35 heavy (non-hydrogen) atoms. The molecule has 180 valence electrons. The molecule has 0 unspecified atom stereocenters. The molecule has 0 saturated heterocycles. The number of imide groups is 2. The van der Waals surface area contributed by atoms with Crippen LogP contribution in [0.2, 0.25) is 0 Å². The van der Waals surface area contributed by atoms with Gasteiger partial charge in [-0.05, 0) is 91.5 Å². The van der Waals surface area contributed by atoms with Gasteiger partial charge in [-0.15, -0.1) is 0 Å². The molecule has 2 aromatic carbocycles. The van der Waals surface area contributed by atoms with Crippen molar-refractivity contribution in [1.82, 2.24) is 10.6 Å². The van der Waals surface area contributed by atoms with Crippen LogP contribution in [-0.2, 0) is 38.4 Å².